The number of aryl methyl sites for hydroxylation is 4. The first-order valence-electron chi connectivity index (χ1n) is 13.6. The summed E-state index contributed by atoms with van der Waals surface area (Å²) in [6.07, 6.45) is 0. The van der Waals surface area contributed by atoms with E-state index in [9.17, 15) is 9.90 Å². The van der Waals surface area contributed by atoms with Crippen molar-refractivity contribution in [3.05, 3.63) is 125 Å². The predicted octanol–water partition coefficient (Wildman–Crippen LogP) is 9.04. The zero-order valence-corrected chi connectivity index (χ0v) is 24.7. The summed E-state index contributed by atoms with van der Waals surface area (Å²) in [6.45, 7) is 8.31. The van der Waals surface area contributed by atoms with Crippen molar-refractivity contribution in [2.24, 2.45) is 0 Å². The number of carboxylic acids is 1. The Bertz CT molecular complexity index is 1830. The first kappa shape index (κ1) is 28.7. The van der Waals surface area contributed by atoms with E-state index in [2.05, 4.69) is 62.6 Å². The molecule has 0 bridgehead atoms. The van der Waals surface area contributed by atoms with E-state index in [0.29, 0.717) is 16.7 Å². The molecule has 6 heteroatoms. The van der Waals surface area contributed by atoms with Crippen molar-refractivity contribution >= 4 is 63.1 Å². The zero-order valence-electron chi connectivity index (χ0n) is 23.9. The standard InChI is InChI=1S/C36H30N2O3.ClH/c1-21-9-7-10-22(2)34(21)37-25-15-17-29-31(19-25)41-32-20-26(38-35-23(3)11-8-12-24(35)4)16-18-30(32)33(29)27-13-5-6-14-28(27)36(39)40;/h5-20,37-38H,1-4H3;1H. The Labute approximate surface area is 251 Å². The van der Waals surface area contributed by atoms with Gasteiger partial charge in [0.25, 0.3) is 0 Å². The molecule has 0 radical (unpaired) electrons. The van der Waals surface area contributed by atoms with Crippen LogP contribution in [0.25, 0.3) is 33.1 Å². The highest BCUT2D eigenvalue weighted by molar-refractivity contribution is 6.12. The number of halogens is 1. The number of hydrogen-bond acceptors (Lipinski definition) is 4. The van der Waals surface area contributed by atoms with E-state index in [1.54, 1.807) is 12.1 Å². The smallest absolute Gasteiger partial charge is 0.363 e. The van der Waals surface area contributed by atoms with E-state index in [1.807, 2.05) is 60.7 Å². The zero-order chi connectivity index (χ0) is 28.7. The van der Waals surface area contributed by atoms with Crippen LogP contribution in [0.2, 0.25) is 0 Å². The molecule has 1 heterocycles. The van der Waals surface area contributed by atoms with Crippen molar-refractivity contribution in [3.8, 4) is 11.1 Å². The summed E-state index contributed by atoms with van der Waals surface area (Å²) in [4.78, 5) is 12.2. The third-order valence-corrected chi connectivity index (χ3v) is 7.64. The molecule has 42 heavy (non-hydrogen) atoms. The van der Waals surface area contributed by atoms with Gasteiger partial charge in [-0.2, -0.15) is 0 Å². The maximum Gasteiger partial charge on any atom is 0.363 e. The second-order valence-electron chi connectivity index (χ2n) is 10.5. The van der Waals surface area contributed by atoms with Crippen LogP contribution in [0.3, 0.4) is 0 Å². The van der Waals surface area contributed by atoms with Crippen LogP contribution < -0.4 is 15.7 Å². The highest BCUT2D eigenvalue weighted by Crippen LogP contribution is 2.40. The molecule has 6 aromatic rings. The molecule has 0 aliphatic heterocycles. The number of nitrogens with one attached hydrogen (secondary N) is 2. The Morgan fingerprint density at radius 1 is 0.619 bits per heavy atom. The summed E-state index contributed by atoms with van der Waals surface area (Å²) in [6, 6.07) is 31.3. The lowest BCUT2D eigenvalue weighted by Crippen LogP contribution is -2.23. The van der Waals surface area contributed by atoms with Crippen molar-refractivity contribution < 1.29 is 14.3 Å². The Morgan fingerprint density at radius 3 is 1.52 bits per heavy atom. The minimum atomic E-state index is -1.22. The fourth-order valence-electron chi connectivity index (χ4n) is 5.53. The predicted molar refractivity (Wildman–Crippen MR) is 174 cm³/mol. The summed E-state index contributed by atoms with van der Waals surface area (Å²) >= 11 is 0. The Morgan fingerprint density at radius 2 is 1.07 bits per heavy atom. The maximum absolute atomic E-state index is 12.2. The van der Waals surface area contributed by atoms with Crippen molar-refractivity contribution in [1.29, 1.82) is 0 Å². The van der Waals surface area contributed by atoms with Gasteiger partial charge in [-0.1, -0.05) is 60.7 Å². The SMILES string of the molecule is Cc1cccc(C)c1Nc1ccc2c(-c3ccccc3C(=O)[O-])c3ccc(Nc4c(C)cccc4C)cc3[o+]c2c1.Cl. The van der Waals surface area contributed by atoms with Crippen LogP contribution in [0.4, 0.5) is 22.7 Å². The summed E-state index contributed by atoms with van der Waals surface area (Å²) < 4.78 is 6.54. The minimum absolute atomic E-state index is 0. The second kappa shape index (κ2) is 11.6. The molecule has 6 rings (SSSR count). The summed E-state index contributed by atoms with van der Waals surface area (Å²) in [5, 5.41) is 20.9. The van der Waals surface area contributed by atoms with Crippen LogP contribution in [-0.4, -0.2) is 5.97 Å². The van der Waals surface area contributed by atoms with Crippen LogP contribution in [-0.2, 0) is 0 Å². The van der Waals surface area contributed by atoms with Crippen molar-refractivity contribution in [2.75, 3.05) is 10.6 Å². The molecule has 0 atom stereocenters. The van der Waals surface area contributed by atoms with Gasteiger partial charge in [0.2, 0.25) is 0 Å². The number of rotatable bonds is 6. The van der Waals surface area contributed by atoms with Crippen LogP contribution in [0.5, 0.6) is 0 Å². The molecule has 0 amide bonds. The van der Waals surface area contributed by atoms with Crippen LogP contribution in [0.15, 0.2) is 101 Å². The van der Waals surface area contributed by atoms with E-state index < -0.39 is 5.97 Å². The lowest BCUT2D eigenvalue weighted by molar-refractivity contribution is -0.254. The number of carboxylic acid groups (broad SMARTS) is 1. The molecular formula is C36H31ClN2O3. The van der Waals surface area contributed by atoms with E-state index in [4.69, 9.17) is 4.42 Å². The molecule has 1 aromatic heterocycles. The molecule has 0 saturated carbocycles. The van der Waals surface area contributed by atoms with E-state index in [1.165, 1.54) is 0 Å². The summed E-state index contributed by atoms with van der Waals surface area (Å²) in [5.41, 5.74) is 11.2. The molecule has 0 aliphatic rings. The van der Waals surface area contributed by atoms with Gasteiger partial charge in [-0.3, -0.25) is 0 Å². The molecule has 0 fully saturated rings. The molecule has 0 unspecified atom stereocenters. The molecule has 0 saturated heterocycles. The maximum atomic E-state index is 12.2. The molecular weight excluding hydrogens is 544 g/mol. The Balaban J connectivity index is 0.00000353. The molecule has 0 aliphatic carbocycles. The first-order chi connectivity index (χ1) is 19.8. The quantitative estimate of drug-likeness (QED) is 0.153. The Kier molecular flexibility index (Phi) is 7.88. The normalized spacial score (nSPS) is 10.9. The van der Waals surface area contributed by atoms with Gasteiger partial charge in [0.15, 0.2) is 0 Å². The van der Waals surface area contributed by atoms with Gasteiger partial charge in [0.05, 0.1) is 28.9 Å². The highest BCUT2D eigenvalue weighted by Gasteiger charge is 2.23. The van der Waals surface area contributed by atoms with Gasteiger partial charge < -0.3 is 20.5 Å². The number of carbonyl (C=O) groups excluding carboxylic acids is 1. The van der Waals surface area contributed by atoms with Crippen LogP contribution >= 0.6 is 12.4 Å². The summed E-state index contributed by atoms with van der Waals surface area (Å²) in [5.74, 6) is -1.22. The average Bonchev–Trinajstić information content (AvgIpc) is 2.95. The number of hydrogen-bond donors (Lipinski definition) is 2. The van der Waals surface area contributed by atoms with Crippen LogP contribution in [0.1, 0.15) is 32.6 Å². The molecule has 5 aromatic carbocycles. The van der Waals surface area contributed by atoms with E-state index in [-0.39, 0.29) is 18.0 Å². The molecule has 5 nitrogen and oxygen atoms in total. The lowest BCUT2D eigenvalue weighted by Gasteiger charge is -2.15. The first-order valence-corrected chi connectivity index (χ1v) is 13.6. The van der Waals surface area contributed by atoms with Gasteiger partial charge in [0.1, 0.15) is 0 Å². The third-order valence-electron chi connectivity index (χ3n) is 7.64. The van der Waals surface area contributed by atoms with Crippen LogP contribution in [0, 0.1) is 27.7 Å². The van der Waals surface area contributed by atoms with Gasteiger partial charge in [-0.05, 0) is 79.8 Å². The fourth-order valence-corrected chi connectivity index (χ4v) is 5.53. The molecule has 210 valence electrons. The fraction of sp³-hybridized carbons (Fsp3) is 0.111. The average molecular weight is 575 g/mol. The number of fused-ring (bicyclic) bond motifs is 2. The largest absolute Gasteiger partial charge is 0.545 e. The topological polar surface area (TPSA) is 75.5 Å². The van der Waals surface area contributed by atoms with Gasteiger partial charge >= 0.3 is 11.2 Å². The summed E-state index contributed by atoms with van der Waals surface area (Å²) in [7, 11) is 0. The van der Waals surface area contributed by atoms with Gasteiger partial charge in [-0.15, -0.1) is 12.4 Å². The number of carbonyl (C=O) groups is 1. The van der Waals surface area contributed by atoms with Gasteiger partial charge in [-0.25, -0.2) is 4.42 Å². The number of para-hydroxylation sites is 2. The van der Waals surface area contributed by atoms with E-state index >= 15 is 0 Å². The third kappa shape index (κ3) is 5.27. The molecule has 0 spiro atoms. The van der Waals surface area contributed by atoms with Crippen molar-refractivity contribution in [3.63, 3.8) is 0 Å². The Hall–Kier alpha value is -4.87. The van der Waals surface area contributed by atoms with Gasteiger partial charge in [0, 0.05) is 33.9 Å². The lowest BCUT2D eigenvalue weighted by atomic mass is 9.93. The second-order valence-corrected chi connectivity index (χ2v) is 10.5. The number of aromatic carboxylic acids is 1. The minimum Gasteiger partial charge on any atom is -0.545 e. The van der Waals surface area contributed by atoms with E-state index in [0.717, 1.165) is 61.3 Å². The number of benzene rings is 5. The molecule has 2 N–H and O–H groups in total. The monoisotopic (exact) mass is 574 g/mol. The highest BCUT2D eigenvalue weighted by atomic mass is 35.5. The van der Waals surface area contributed by atoms with Crippen molar-refractivity contribution in [2.45, 2.75) is 27.7 Å². The van der Waals surface area contributed by atoms with Crippen molar-refractivity contribution in [1.82, 2.24) is 0 Å². The number of anilines is 4.